The maximum Gasteiger partial charge on any atom is 0.233 e. The molecule has 2 amide bonds. The molecule has 1 aliphatic heterocycles. The summed E-state index contributed by atoms with van der Waals surface area (Å²) in [5.41, 5.74) is 2.04. The van der Waals surface area contributed by atoms with Gasteiger partial charge in [-0.1, -0.05) is 35.9 Å². The molecule has 198 valence electrons. The van der Waals surface area contributed by atoms with Crippen molar-refractivity contribution >= 4 is 39.3 Å². The Kier molecular flexibility index (Phi) is 6.14. The first kappa shape index (κ1) is 25.4. The van der Waals surface area contributed by atoms with E-state index in [0.717, 1.165) is 11.6 Å². The molecular formula is C30H23BrFNO6. The van der Waals surface area contributed by atoms with Crippen LogP contribution in [0.1, 0.15) is 29.9 Å². The lowest BCUT2D eigenvalue weighted by Gasteiger charge is -2.42. The lowest BCUT2D eigenvalue weighted by Crippen LogP contribution is -2.39. The van der Waals surface area contributed by atoms with Gasteiger partial charge >= 0.3 is 0 Å². The SMILES string of the molecule is O=C1C=C(Br)C(=O)C2=C1[C@@H](c1cccc(F)c1O)C1=CC[C@@H]3C(=O)N(CCc4ccc(O)cc4)C(=O)[C@@H]3[C@@H]1C2. The van der Waals surface area contributed by atoms with E-state index in [-0.39, 0.29) is 58.1 Å². The Morgan fingerprint density at radius 3 is 2.46 bits per heavy atom. The fraction of sp³-hybridized carbons (Fsp3) is 0.267. The van der Waals surface area contributed by atoms with Gasteiger partial charge in [0.2, 0.25) is 11.8 Å². The molecule has 2 aromatic carbocycles. The number of rotatable bonds is 4. The predicted octanol–water partition coefficient (Wildman–Crippen LogP) is 4.24. The van der Waals surface area contributed by atoms with Crippen LogP contribution in [0.5, 0.6) is 11.5 Å². The maximum atomic E-state index is 14.5. The second kappa shape index (κ2) is 9.41. The van der Waals surface area contributed by atoms with Crippen LogP contribution in [0.3, 0.4) is 0 Å². The summed E-state index contributed by atoms with van der Waals surface area (Å²) in [4.78, 5) is 54.9. The maximum absolute atomic E-state index is 14.5. The van der Waals surface area contributed by atoms with Crippen molar-refractivity contribution in [3.63, 3.8) is 0 Å². The quantitative estimate of drug-likeness (QED) is 0.312. The first-order valence-corrected chi connectivity index (χ1v) is 13.5. The average Bonchev–Trinajstić information content (AvgIpc) is 3.16. The minimum Gasteiger partial charge on any atom is -0.508 e. The molecule has 0 aromatic heterocycles. The fourth-order valence-corrected chi connectivity index (χ4v) is 6.96. The number of hydrogen-bond acceptors (Lipinski definition) is 6. The molecule has 6 rings (SSSR count). The highest BCUT2D eigenvalue weighted by Gasteiger charge is 2.56. The van der Waals surface area contributed by atoms with Gasteiger partial charge < -0.3 is 10.2 Å². The van der Waals surface area contributed by atoms with Gasteiger partial charge in [0.15, 0.2) is 23.1 Å². The number of amides is 2. The molecule has 7 nitrogen and oxygen atoms in total. The van der Waals surface area contributed by atoms with Crippen molar-refractivity contribution < 1.29 is 33.8 Å². The van der Waals surface area contributed by atoms with Gasteiger partial charge in [-0.15, -0.1) is 0 Å². The summed E-state index contributed by atoms with van der Waals surface area (Å²) >= 11 is 3.17. The number of benzene rings is 2. The molecule has 1 fully saturated rings. The lowest BCUT2D eigenvalue weighted by molar-refractivity contribution is -0.140. The number of halogens is 2. The smallest absolute Gasteiger partial charge is 0.233 e. The van der Waals surface area contributed by atoms with Crippen molar-refractivity contribution in [1.82, 2.24) is 4.90 Å². The van der Waals surface area contributed by atoms with Crippen LogP contribution in [0.2, 0.25) is 0 Å². The second-order valence-corrected chi connectivity index (χ2v) is 11.2. The summed E-state index contributed by atoms with van der Waals surface area (Å²) in [6.07, 6.45) is 3.78. The van der Waals surface area contributed by atoms with Gasteiger partial charge in [0.05, 0.1) is 16.3 Å². The van der Waals surface area contributed by atoms with Crippen molar-refractivity contribution in [1.29, 1.82) is 0 Å². The Morgan fingerprint density at radius 2 is 1.72 bits per heavy atom. The number of imide groups is 1. The molecule has 0 spiro atoms. The highest BCUT2D eigenvalue weighted by molar-refractivity contribution is 9.12. The Bertz CT molecular complexity index is 1560. The summed E-state index contributed by atoms with van der Waals surface area (Å²) in [5.74, 6) is -5.62. The monoisotopic (exact) mass is 591 g/mol. The van der Waals surface area contributed by atoms with E-state index in [0.29, 0.717) is 12.0 Å². The molecule has 2 N–H and O–H groups in total. The third-order valence-electron chi connectivity index (χ3n) is 8.31. The van der Waals surface area contributed by atoms with E-state index >= 15 is 0 Å². The van der Waals surface area contributed by atoms with Crippen molar-refractivity contribution in [2.24, 2.45) is 17.8 Å². The Balaban J connectivity index is 1.39. The summed E-state index contributed by atoms with van der Waals surface area (Å²) in [6, 6.07) is 10.6. The highest BCUT2D eigenvalue weighted by atomic mass is 79.9. The summed E-state index contributed by atoms with van der Waals surface area (Å²) in [5, 5.41) is 20.2. The number of para-hydroxylation sites is 1. The number of carbonyl (C=O) groups is 4. The van der Waals surface area contributed by atoms with Crippen molar-refractivity contribution in [3.8, 4) is 11.5 Å². The molecule has 39 heavy (non-hydrogen) atoms. The molecule has 3 aliphatic carbocycles. The first-order chi connectivity index (χ1) is 18.7. The number of allylic oxidation sites excluding steroid dienone is 6. The van der Waals surface area contributed by atoms with Gasteiger partial charge in [-0.2, -0.15) is 0 Å². The molecule has 4 atom stereocenters. The van der Waals surface area contributed by atoms with Gasteiger partial charge in [-0.25, -0.2) is 4.39 Å². The zero-order chi connectivity index (χ0) is 27.6. The third kappa shape index (κ3) is 3.98. The lowest BCUT2D eigenvalue weighted by atomic mass is 9.59. The zero-order valence-corrected chi connectivity index (χ0v) is 22.2. The van der Waals surface area contributed by atoms with Gasteiger partial charge in [-0.3, -0.25) is 24.1 Å². The molecule has 9 heteroatoms. The first-order valence-electron chi connectivity index (χ1n) is 12.7. The van der Waals surface area contributed by atoms with Crippen molar-refractivity contribution in [2.75, 3.05) is 6.54 Å². The zero-order valence-electron chi connectivity index (χ0n) is 20.6. The van der Waals surface area contributed by atoms with Crippen LogP contribution in [0.15, 0.2) is 75.8 Å². The molecule has 1 saturated heterocycles. The van der Waals surface area contributed by atoms with Crippen LogP contribution in [-0.2, 0) is 25.6 Å². The van der Waals surface area contributed by atoms with Crippen molar-refractivity contribution in [2.45, 2.75) is 25.2 Å². The van der Waals surface area contributed by atoms with E-state index < -0.39 is 46.8 Å². The van der Waals surface area contributed by atoms with Crippen molar-refractivity contribution in [3.05, 3.63) is 92.8 Å². The molecule has 0 saturated carbocycles. The largest absolute Gasteiger partial charge is 0.508 e. The molecule has 4 aliphatic rings. The van der Waals surface area contributed by atoms with Crippen LogP contribution in [0, 0.1) is 23.6 Å². The molecule has 0 unspecified atom stereocenters. The standard InChI is InChI=1S/C30H23BrFNO6/c31-21-13-23(35)26-20(27(21)36)12-19-16(24(26)17-2-1-3-22(32)28(17)37)8-9-18-25(19)30(39)33(29(18)38)11-10-14-4-6-15(34)7-5-14/h1-8,13,18-19,24-25,34,37H,9-12H2/t18-,19+,24+,25-/m0/s1. The Labute approximate surface area is 231 Å². The summed E-state index contributed by atoms with van der Waals surface area (Å²) in [7, 11) is 0. The Morgan fingerprint density at radius 1 is 0.974 bits per heavy atom. The number of phenols is 2. The van der Waals surface area contributed by atoms with E-state index in [1.54, 1.807) is 24.3 Å². The number of carbonyl (C=O) groups excluding carboxylic acids is 4. The molecule has 0 radical (unpaired) electrons. The number of nitrogens with zero attached hydrogens (tertiary/aromatic N) is 1. The van der Waals surface area contributed by atoms with Crippen LogP contribution >= 0.6 is 15.9 Å². The minimum atomic E-state index is -0.919. The molecule has 0 bridgehead atoms. The fourth-order valence-electron chi connectivity index (χ4n) is 6.52. The number of ketones is 2. The number of likely N-dealkylation sites (tertiary alicyclic amines) is 1. The highest BCUT2D eigenvalue weighted by Crippen LogP contribution is 2.56. The number of hydrogen-bond donors (Lipinski definition) is 2. The summed E-state index contributed by atoms with van der Waals surface area (Å²) < 4.78 is 14.6. The minimum absolute atomic E-state index is 0.0905. The third-order valence-corrected chi connectivity index (χ3v) is 8.90. The van der Waals surface area contributed by atoms with E-state index in [4.69, 9.17) is 0 Å². The van der Waals surface area contributed by atoms with Crippen LogP contribution < -0.4 is 0 Å². The molecular weight excluding hydrogens is 569 g/mol. The van der Waals surface area contributed by atoms with Crippen LogP contribution in [-0.4, -0.2) is 45.0 Å². The average molecular weight is 592 g/mol. The molecule has 2 aromatic rings. The number of fused-ring (bicyclic) bond motifs is 3. The van der Waals surface area contributed by atoms with Gasteiger partial charge in [0.25, 0.3) is 0 Å². The van der Waals surface area contributed by atoms with Gasteiger partial charge in [-0.05, 0) is 64.9 Å². The van der Waals surface area contributed by atoms with Crippen LogP contribution in [0.25, 0.3) is 0 Å². The normalized spacial score (nSPS) is 26.3. The van der Waals surface area contributed by atoms with E-state index in [1.807, 2.05) is 6.08 Å². The Hall–Kier alpha value is -3.85. The van der Waals surface area contributed by atoms with E-state index in [2.05, 4.69) is 15.9 Å². The van der Waals surface area contributed by atoms with E-state index in [9.17, 15) is 33.8 Å². The van der Waals surface area contributed by atoms with Gasteiger partial charge in [0.1, 0.15) is 5.75 Å². The number of Topliss-reactive ketones (excluding diaryl/α,β-unsaturated/α-hetero) is 1. The second-order valence-electron chi connectivity index (χ2n) is 10.3. The van der Waals surface area contributed by atoms with Crippen LogP contribution in [0.4, 0.5) is 4.39 Å². The van der Waals surface area contributed by atoms with E-state index in [1.165, 1.54) is 23.1 Å². The number of phenolic OH excluding ortho intramolecular Hbond substituents is 2. The topological polar surface area (TPSA) is 112 Å². The number of aromatic hydroxyl groups is 2. The summed E-state index contributed by atoms with van der Waals surface area (Å²) in [6.45, 7) is 0.172. The predicted molar refractivity (Wildman–Crippen MR) is 141 cm³/mol. The van der Waals surface area contributed by atoms with Gasteiger partial charge in [0, 0.05) is 35.2 Å². The molecule has 1 heterocycles.